The predicted octanol–water partition coefficient (Wildman–Crippen LogP) is 0.452. The molecule has 0 saturated carbocycles. The Morgan fingerprint density at radius 1 is 1.44 bits per heavy atom. The summed E-state index contributed by atoms with van der Waals surface area (Å²) >= 11 is 0. The molecule has 1 aliphatic rings. The summed E-state index contributed by atoms with van der Waals surface area (Å²) < 4.78 is 0. The number of carbonyl (C=O) groups excluding carboxylic acids is 1. The maximum Gasteiger partial charge on any atom is 0.277 e. The number of aromatic nitrogens is 1. The Morgan fingerprint density at radius 3 is 2.56 bits per heavy atom. The van der Waals surface area contributed by atoms with Crippen molar-refractivity contribution < 1.29 is 15.1 Å². The third-order valence-corrected chi connectivity index (χ3v) is 2.67. The van der Waals surface area contributed by atoms with Gasteiger partial charge in [0.25, 0.3) is 5.91 Å². The van der Waals surface area contributed by atoms with Gasteiger partial charge in [0.05, 0.1) is 5.71 Å². The fourth-order valence-electron chi connectivity index (χ4n) is 1.76. The third kappa shape index (κ3) is 1.74. The van der Waals surface area contributed by atoms with Crippen LogP contribution in [0, 0.1) is 0 Å². The Hall–Kier alpha value is -2.28. The summed E-state index contributed by atoms with van der Waals surface area (Å²) in [5.74, 6) is -0.500. The van der Waals surface area contributed by atoms with Gasteiger partial charge in [0.15, 0.2) is 5.71 Å². The summed E-state index contributed by atoms with van der Waals surface area (Å²) in [6, 6.07) is 3.02. The molecule has 0 fully saturated rings. The Labute approximate surface area is 103 Å². The third-order valence-electron chi connectivity index (χ3n) is 2.67. The highest BCUT2D eigenvalue weighted by molar-refractivity contribution is 6.45. The predicted molar refractivity (Wildman–Crippen MR) is 63.4 cm³/mol. The summed E-state index contributed by atoms with van der Waals surface area (Å²) in [6.45, 7) is 2.88. The zero-order valence-corrected chi connectivity index (χ0v) is 9.90. The molecule has 7 nitrogen and oxygen atoms in total. The average Bonchev–Trinajstić information content (AvgIpc) is 2.59. The second kappa shape index (κ2) is 4.19. The van der Waals surface area contributed by atoms with Crippen LogP contribution in [-0.4, -0.2) is 43.4 Å². The van der Waals surface area contributed by atoms with Crippen molar-refractivity contribution in [3.8, 4) is 0 Å². The molecule has 0 radical (unpaired) electrons. The van der Waals surface area contributed by atoms with Crippen LogP contribution >= 0.6 is 0 Å². The minimum Gasteiger partial charge on any atom is -0.410 e. The van der Waals surface area contributed by atoms with Gasteiger partial charge in [0.2, 0.25) is 5.72 Å². The number of amides is 1. The van der Waals surface area contributed by atoms with Gasteiger partial charge in [-0.2, -0.15) is 10.1 Å². The maximum atomic E-state index is 12.2. The molecule has 7 heteroatoms. The number of aliphatic hydroxyl groups is 1. The first-order valence-corrected chi connectivity index (χ1v) is 5.23. The summed E-state index contributed by atoms with van der Waals surface area (Å²) in [6.07, 6.45) is 2.94. The average molecular weight is 248 g/mol. The van der Waals surface area contributed by atoms with Gasteiger partial charge in [-0.1, -0.05) is 5.16 Å². The number of pyridine rings is 1. The van der Waals surface area contributed by atoms with Crippen LogP contribution in [0.1, 0.15) is 24.2 Å². The van der Waals surface area contributed by atoms with Crippen molar-refractivity contribution in [1.82, 2.24) is 9.99 Å². The fourth-order valence-corrected chi connectivity index (χ4v) is 1.76. The van der Waals surface area contributed by atoms with E-state index in [-0.39, 0.29) is 11.4 Å². The van der Waals surface area contributed by atoms with Gasteiger partial charge in [-0.05, 0) is 26.0 Å². The minimum absolute atomic E-state index is 0.0510. The number of oxime groups is 1. The van der Waals surface area contributed by atoms with E-state index in [1.807, 2.05) is 0 Å². The van der Waals surface area contributed by atoms with Gasteiger partial charge in [-0.15, -0.1) is 0 Å². The second-order valence-electron chi connectivity index (χ2n) is 4.01. The Bertz CT molecular complexity index is 536. The van der Waals surface area contributed by atoms with Crippen molar-refractivity contribution in [2.24, 2.45) is 10.3 Å². The van der Waals surface area contributed by atoms with Gasteiger partial charge in [-0.3, -0.25) is 9.78 Å². The standard InChI is InChI=1S/C11H12N4O3/c1-7-9(14-18)11(2,17)15(13-7)10(16)8-3-5-12-6-4-8/h3-6,17-18H,1-2H3. The molecule has 94 valence electrons. The lowest BCUT2D eigenvalue weighted by Gasteiger charge is -2.26. The molecule has 2 N–H and O–H groups in total. The van der Waals surface area contributed by atoms with Gasteiger partial charge in [0, 0.05) is 18.0 Å². The first-order valence-electron chi connectivity index (χ1n) is 5.23. The molecule has 2 heterocycles. The molecule has 0 saturated heterocycles. The molecule has 0 bridgehead atoms. The summed E-state index contributed by atoms with van der Waals surface area (Å²) in [7, 11) is 0. The van der Waals surface area contributed by atoms with Gasteiger partial charge < -0.3 is 10.3 Å². The lowest BCUT2D eigenvalue weighted by Crippen LogP contribution is -2.49. The zero-order valence-electron chi connectivity index (χ0n) is 9.90. The molecule has 1 atom stereocenters. The van der Waals surface area contributed by atoms with Crippen molar-refractivity contribution in [2.45, 2.75) is 19.6 Å². The quantitative estimate of drug-likeness (QED) is 0.557. The van der Waals surface area contributed by atoms with E-state index in [0.717, 1.165) is 5.01 Å². The lowest BCUT2D eigenvalue weighted by molar-refractivity contribution is -0.0146. The normalized spacial score (nSPS) is 25.4. The van der Waals surface area contributed by atoms with E-state index in [0.29, 0.717) is 5.56 Å². The van der Waals surface area contributed by atoms with Crippen LogP contribution in [0.25, 0.3) is 0 Å². The molecular formula is C11H12N4O3. The van der Waals surface area contributed by atoms with Crippen LogP contribution in [0.3, 0.4) is 0 Å². The highest BCUT2D eigenvalue weighted by Gasteiger charge is 2.46. The number of carbonyl (C=O) groups is 1. The van der Waals surface area contributed by atoms with Crippen molar-refractivity contribution in [3.05, 3.63) is 30.1 Å². The second-order valence-corrected chi connectivity index (χ2v) is 4.01. The van der Waals surface area contributed by atoms with Crippen molar-refractivity contribution in [1.29, 1.82) is 0 Å². The smallest absolute Gasteiger partial charge is 0.277 e. The molecule has 0 aliphatic carbocycles. The number of hydrogen-bond acceptors (Lipinski definition) is 6. The van der Waals surface area contributed by atoms with E-state index in [1.165, 1.54) is 31.5 Å². The highest BCUT2D eigenvalue weighted by Crippen LogP contribution is 2.24. The van der Waals surface area contributed by atoms with Gasteiger partial charge in [0.1, 0.15) is 0 Å². The van der Waals surface area contributed by atoms with Crippen molar-refractivity contribution >= 4 is 17.3 Å². The van der Waals surface area contributed by atoms with Gasteiger partial charge >= 0.3 is 0 Å². The topological polar surface area (TPSA) is 98.4 Å². The SMILES string of the molecule is CC1=NN(C(=O)c2ccncc2)C(C)(O)C1=NO. The van der Waals surface area contributed by atoms with Crippen LogP contribution in [0.2, 0.25) is 0 Å². The molecule has 1 amide bonds. The van der Waals surface area contributed by atoms with E-state index < -0.39 is 11.6 Å². The molecule has 0 aromatic carbocycles. The summed E-state index contributed by atoms with van der Waals surface area (Å²) in [4.78, 5) is 16.0. The largest absolute Gasteiger partial charge is 0.410 e. The molecule has 2 rings (SSSR count). The Balaban J connectivity index is 2.39. The number of nitrogens with zero attached hydrogens (tertiary/aromatic N) is 4. The number of rotatable bonds is 1. The van der Waals surface area contributed by atoms with Crippen LogP contribution in [0.4, 0.5) is 0 Å². The zero-order chi connectivity index (χ0) is 13.3. The Morgan fingerprint density at radius 2 is 2.06 bits per heavy atom. The van der Waals surface area contributed by atoms with Gasteiger partial charge in [-0.25, -0.2) is 0 Å². The highest BCUT2D eigenvalue weighted by atomic mass is 16.4. The molecule has 1 aromatic heterocycles. The van der Waals surface area contributed by atoms with Crippen LogP contribution < -0.4 is 0 Å². The lowest BCUT2D eigenvalue weighted by atomic mass is 10.1. The molecule has 18 heavy (non-hydrogen) atoms. The van der Waals surface area contributed by atoms with E-state index in [9.17, 15) is 9.90 Å². The molecule has 1 aromatic rings. The fraction of sp³-hybridized carbons (Fsp3) is 0.273. The van der Waals surface area contributed by atoms with Crippen LogP contribution in [-0.2, 0) is 0 Å². The van der Waals surface area contributed by atoms with E-state index >= 15 is 0 Å². The van der Waals surface area contributed by atoms with Crippen LogP contribution in [0.15, 0.2) is 34.8 Å². The van der Waals surface area contributed by atoms with Crippen molar-refractivity contribution in [2.75, 3.05) is 0 Å². The molecule has 1 aliphatic heterocycles. The minimum atomic E-state index is -1.76. The molecule has 1 unspecified atom stereocenters. The number of hydrazone groups is 1. The molecule has 0 spiro atoms. The van der Waals surface area contributed by atoms with Crippen LogP contribution in [0.5, 0.6) is 0 Å². The van der Waals surface area contributed by atoms with E-state index in [4.69, 9.17) is 5.21 Å². The van der Waals surface area contributed by atoms with Crippen molar-refractivity contribution in [3.63, 3.8) is 0 Å². The first-order chi connectivity index (χ1) is 8.48. The number of hydrogen-bond donors (Lipinski definition) is 2. The van der Waals surface area contributed by atoms with E-state index in [2.05, 4.69) is 15.2 Å². The Kier molecular flexibility index (Phi) is 2.84. The summed E-state index contributed by atoms with van der Waals surface area (Å²) in [5, 5.41) is 26.8. The maximum absolute atomic E-state index is 12.2. The van der Waals surface area contributed by atoms with E-state index in [1.54, 1.807) is 6.92 Å². The monoisotopic (exact) mass is 248 g/mol. The summed E-state index contributed by atoms with van der Waals surface area (Å²) in [5.41, 5.74) is -1.20. The molecular weight excluding hydrogens is 236 g/mol. The first kappa shape index (κ1) is 12.2.